The molecular weight excluding hydrogens is 376 g/mol. The molecule has 5 rings (SSSR count). The van der Waals surface area contributed by atoms with E-state index < -0.39 is 17.8 Å². The molecule has 1 saturated carbocycles. The Morgan fingerprint density at radius 2 is 2.03 bits per heavy atom. The van der Waals surface area contributed by atoms with Crippen molar-refractivity contribution in [3.05, 3.63) is 42.0 Å². The fourth-order valence-corrected chi connectivity index (χ4v) is 4.13. The Morgan fingerprint density at radius 3 is 2.79 bits per heavy atom. The van der Waals surface area contributed by atoms with Crippen LogP contribution in [-0.2, 0) is 6.54 Å². The number of nitrogens with zero attached hydrogens (tertiary/aromatic N) is 4. The number of fused-ring (bicyclic) bond motifs is 1. The van der Waals surface area contributed by atoms with Gasteiger partial charge in [-0.05, 0) is 17.7 Å². The Hall–Kier alpha value is -2.81. The number of anilines is 2. The van der Waals surface area contributed by atoms with Gasteiger partial charge < -0.3 is 20.5 Å². The highest BCUT2D eigenvalue weighted by molar-refractivity contribution is 5.91. The molecular formula is C20H23F2N7. The van der Waals surface area contributed by atoms with Crippen molar-refractivity contribution >= 4 is 22.7 Å². The number of aromatic amines is 1. The van der Waals surface area contributed by atoms with Crippen LogP contribution in [0.4, 0.5) is 20.4 Å². The lowest BCUT2D eigenvalue weighted by molar-refractivity contribution is 0.0965. The van der Waals surface area contributed by atoms with Crippen LogP contribution in [0.3, 0.4) is 0 Å². The van der Waals surface area contributed by atoms with Crippen molar-refractivity contribution in [3.63, 3.8) is 0 Å². The smallest absolute Gasteiger partial charge is 0.258 e. The quantitative estimate of drug-likeness (QED) is 0.612. The van der Waals surface area contributed by atoms with Crippen LogP contribution in [0.2, 0.25) is 0 Å². The van der Waals surface area contributed by atoms with Gasteiger partial charge >= 0.3 is 0 Å². The molecule has 7 nitrogen and oxygen atoms in total. The summed E-state index contributed by atoms with van der Waals surface area (Å²) in [5, 5.41) is 7.25. The van der Waals surface area contributed by atoms with Crippen LogP contribution in [0.5, 0.6) is 0 Å². The summed E-state index contributed by atoms with van der Waals surface area (Å²) in [4.78, 5) is 18.5. The first-order valence-corrected chi connectivity index (χ1v) is 9.91. The SMILES string of the molecule is CC1C(c2c[nH]c3ncnc(NCc4cccc(N5CCNCC5)n4)c23)C1(F)F. The number of nitrogens with one attached hydrogen (secondary N) is 3. The monoisotopic (exact) mass is 399 g/mol. The average Bonchev–Trinajstić information content (AvgIpc) is 3.05. The Morgan fingerprint density at radius 1 is 1.24 bits per heavy atom. The first kappa shape index (κ1) is 18.2. The van der Waals surface area contributed by atoms with Crippen molar-refractivity contribution < 1.29 is 8.78 Å². The molecule has 9 heteroatoms. The molecule has 29 heavy (non-hydrogen) atoms. The van der Waals surface area contributed by atoms with Gasteiger partial charge in [0.1, 0.15) is 23.6 Å². The van der Waals surface area contributed by atoms with Gasteiger partial charge in [0, 0.05) is 38.3 Å². The minimum Gasteiger partial charge on any atom is -0.364 e. The highest BCUT2D eigenvalue weighted by atomic mass is 19.3. The summed E-state index contributed by atoms with van der Waals surface area (Å²) >= 11 is 0. The molecule has 3 aromatic rings. The van der Waals surface area contributed by atoms with Gasteiger partial charge in [0.25, 0.3) is 5.92 Å². The lowest BCUT2D eigenvalue weighted by Gasteiger charge is -2.28. The fourth-order valence-electron chi connectivity index (χ4n) is 4.13. The third-order valence-corrected chi connectivity index (χ3v) is 5.92. The molecule has 1 saturated heterocycles. The van der Waals surface area contributed by atoms with Crippen molar-refractivity contribution in [1.29, 1.82) is 0 Å². The van der Waals surface area contributed by atoms with E-state index in [0.717, 1.165) is 37.7 Å². The normalized spacial score (nSPS) is 23.3. The van der Waals surface area contributed by atoms with Crippen molar-refractivity contribution in [2.45, 2.75) is 25.3 Å². The summed E-state index contributed by atoms with van der Waals surface area (Å²) in [6.45, 7) is 5.78. The number of alkyl halides is 2. The standard InChI is InChI=1S/C20H23F2N7/c1-12-17(20(12,21)22)14-10-25-19-16(14)18(26-11-27-19)24-9-13-3-2-4-15(28-13)29-7-5-23-6-8-29/h2-4,10-12,17,23H,5-9H2,1H3,(H2,24,25,26,27). The molecule has 152 valence electrons. The molecule has 0 radical (unpaired) electrons. The first-order chi connectivity index (χ1) is 14.1. The van der Waals surface area contributed by atoms with E-state index in [-0.39, 0.29) is 0 Å². The third-order valence-electron chi connectivity index (χ3n) is 5.92. The Kier molecular flexibility index (Phi) is 4.34. The van der Waals surface area contributed by atoms with E-state index in [2.05, 4.69) is 30.5 Å². The van der Waals surface area contributed by atoms with E-state index in [1.807, 2.05) is 18.2 Å². The Balaban J connectivity index is 1.38. The molecule has 4 heterocycles. The molecule has 2 unspecified atom stereocenters. The maximum Gasteiger partial charge on any atom is 0.258 e. The highest BCUT2D eigenvalue weighted by Crippen LogP contribution is 2.62. The second-order valence-electron chi connectivity index (χ2n) is 7.71. The van der Waals surface area contributed by atoms with Crippen LogP contribution in [-0.4, -0.2) is 52.0 Å². The number of rotatable bonds is 5. The van der Waals surface area contributed by atoms with Gasteiger partial charge in [-0.25, -0.2) is 23.7 Å². The first-order valence-electron chi connectivity index (χ1n) is 9.91. The minimum absolute atomic E-state index is 0.452. The minimum atomic E-state index is -2.68. The van der Waals surface area contributed by atoms with Gasteiger partial charge in [0.05, 0.1) is 23.5 Å². The number of aromatic nitrogens is 4. The number of piperazine rings is 1. The predicted octanol–water partition coefficient (Wildman–Crippen LogP) is 2.74. The molecule has 3 N–H and O–H groups in total. The highest BCUT2D eigenvalue weighted by Gasteiger charge is 2.66. The lowest BCUT2D eigenvalue weighted by Crippen LogP contribution is -2.43. The zero-order valence-electron chi connectivity index (χ0n) is 16.1. The number of H-pyrrole nitrogens is 1. The van der Waals surface area contributed by atoms with Gasteiger partial charge in [0.2, 0.25) is 0 Å². The lowest BCUT2D eigenvalue weighted by atomic mass is 10.1. The maximum absolute atomic E-state index is 14.0. The topological polar surface area (TPSA) is 81.8 Å². The number of halogens is 2. The van der Waals surface area contributed by atoms with Crippen LogP contribution >= 0.6 is 0 Å². The second-order valence-corrected chi connectivity index (χ2v) is 7.71. The van der Waals surface area contributed by atoms with Gasteiger partial charge in [-0.1, -0.05) is 13.0 Å². The predicted molar refractivity (Wildman–Crippen MR) is 107 cm³/mol. The van der Waals surface area contributed by atoms with E-state index in [9.17, 15) is 8.78 Å². The molecule has 0 aromatic carbocycles. The fraction of sp³-hybridized carbons (Fsp3) is 0.450. The molecule has 0 amide bonds. The summed E-state index contributed by atoms with van der Waals surface area (Å²) < 4.78 is 28.0. The van der Waals surface area contributed by atoms with Crippen molar-refractivity contribution in [2.75, 3.05) is 36.4 Å². The van der Waals surface area contributed by atoms with Crippen molar-refractivity contribution in [2.24, 2.45) is 5.92 Å². The van der Waals surface area contributed by atoms with Crippen molar-refractivity contribution in [1.82, 2.24) is 25.3 Å². The Labute approximate surface area is 167 Å². The third kappa shape index (κ3) is 3.19. The largest absolute Gasteiger partial charge is 0.364 e. The molecule has 0 bridgehead atoms. The molecule has 2 aliphatic rings. The van der Waals surface area contributed by atoms with Crippen LogP contribution < -0.4 is 15.5 Å². The molecule has 2 fully saturated rings. The van der Waals surface area contributed by atoms with Crippen LogP contribution in [0.25, 0.3) is 11.0 Å². The van der Waals surface area contributed by atoms with Crippen LogP contribution in [0.15, 0.2) is 30.7 Å². The van der Waals surface area contributed by atoms with Gasteiger partial charge in [-0.3, -0.25) is 0 Å². The van der Waals surface area contributed by atoms with E-state index >= 15 is 0 Å². The van der Waals surface area contributed by atoms with Gasteiger partial charge in [-0.2, -0.15) is 0 Å². The van der Waals surface area contributed by atoms with Gasteiger partial charge in [-0.15, -0.1) is 0 Å². The summed E-state index contributed by atoms with van der Waals surface area (Å²) in [6, 6.07) is 5.95. The van der Waals surface area contributed by atoms with Crippen molar-refractivity contribution in [3.8, 4) is 0 Å². The van der Waals surface area contributed by atoms with Crippen LogP contribution in [0.1, 0.15) is 24.1 Å². The zero-order chi connectivity index (χ0) is 20.0. The van der Waals surface area contributed by atoms with E-state index in [0.29, 0.717) is 29.0 Å². The summed E-state index contributed by atoms with van der Waals surface area (Å²) in [5.74, 6) is -2.65. The summed E-state index contributed by atoms with van der Waals surface area (Å²) in [7, 11) is 0. The molecule has 3 aromatic heterocycles. The van der Waals surface area contributed by atoms with Crippen LogP contribution in [0, 0.1) is 5.92 Å². The maximum atomic E-state index is 14.0. The zero-order valence-corrected chi connectivity index (χ0v) is 16.1. The Bertz CT molecular complexity index is 1030. The van der Waals surface area contributed by atoms with E-state index in [4.69, 9.17) is 4.98 Å². The number of pyridine rings is 1. The summed E-state index contributed by atoms with van der Waals surface area (Å²) in [6.07, 6.45) is 3.07. The molecule has 1 aliphatic carbocycles. The molecule has 1 aliphatic heterocycles. The van der Waals surface area contributed by atoms with E-state index in [1.165, 1.54) is 6.33 Å². The van der Waals surface area contributed by atoms with Gasteiger partial charge in [0.15, 0.2) is 0 Å². The number of hydrogen-bond acceptors (Lipinski definition) is 6. The van der Waals surface area contributed by atoms with E-state index in [1.54, 1.807) is 13.1 Å². The molecule has 0 spiro atoms. The summed E-state index contributed by atoms with van der Waals surface area (Å²) in [5.41, 5.74) is 2.01. The average molecular weight is 399 g/mol. The number of hydrogen-bond donors (Lipinski definition) is 3. The molecule has 2 atom stereocenters. The second kappa shape index (κ2) is 6.91.